The van der Waals surface area contributed by atoms with Gasteiger partial charge in [-0.1, -0.05) is 0 Å². The molecular weight excluding hydrogens is 361 g/mol. The van der Waals surface area contributed by atoms with Crippen LogP contribution in [0.2, 0.25) is 0 Å². The minimum atomic E-state index is -5.06. The average Bonchev–Trinajstić information content (AvgIpc) is 2.14. The fraction of sp³-hybridized carbons (Fsp3) is 0.250. The lowest BCUT2D eigenvalue weighted by molar-refractivity contribution is -0.276. The van der Waals surface area contributed by atoms with Gasteiger partial charge in [0.05, 0.1) is 11.1 Å². The van der Waals surface area contributed by atoms with E-state index in [1.165, 1.54) is 22.6 Å². The molecule has 0 atom stereocenters. The Morgan fingerprint density at radius 3 is 2.53 bits per heavy atom. The minimum Gasteiger partial charge on any atom is -0.478 e. The van der Waals surface area contributed by atoms with E-state index >= 15 is 0 Å². The Morgan fingerprint density at radius 1 is 1.53 bits per heavy atom. The topological polar surface area (TPSA) is 59.4 Å². The molecule has 0 saturated carbocycles. The van der Waals surface area contributed by atoms with Crippen molar-refractivity contribution in [3.05, 3.63) is 20.9 Å². The summed E-state index contributed by atoms with van der Waals surface area (Å²) in [5.41, 5.74) is -1.35. The first-order chi connectivity index (χ1) is 7.74. The summed E-state index contributed by atoms with van der Waals surface area (Å²) < 4.78 is 52.0. The van der Waals surface area contributed by atoms with Crippen LogP contribution in [0.25, 0.3) is 0 Å². The van der Waals surface area contributed by atoms with Crippen molar-refractivity contribution >= 4 is 28.6 Å². The molecule has 17 heavy (non-hydrogen) atoms. The molecule has 0 fully saturated rings. The highest BCUT2D eigenvalue weighted by molar-refractivity contribution is 14.1. The van der Waals surface area contributed by atoms with Crippen LogP contribution in [0.4, 0.5) is 17.6 Å². The van der Waals surface area contributed by atoms with Crippen LogP contribution in [0, 0.1) is 3.70 Å². The van der Waals surface area contributed by atoms with Gasteiger partial charge in [0.25, 0.3) is 0 Å². The van der Waals surface area contributed by atoms with Crippen molar-refractivity contribution in [1.29, 1.82) is 0 Å². The van der Waals surface area contributed by atoms with E-state index in [0.29, 0.717) is 0 Å². The lowest BCUT2D eigenvalue weighted by atomic mass is 10.1. The van der Waals surface area contributed by atoms with Crippen LogP contribution >= 0.6 is 22.6 Å². The monoisotopic (exact) mass is 365 g/mol. The number of alkyl halides is 4. The summed E-state index contributed by atoms with van der Waals surface area (Å²) in [6, 6.07) is 0.959. The highest BCUT2D eigenvalue weighted by atomic mass is 127. The van der Waals surface area contributed by atoms with Gasteiger partial charge >= 0.3 is 12.3 Å². The van der Waals surface area contributed by atoms with Crippen molar-refractivity contribution in [2.75, 3.05) is 0 Å². The van der Waals surface area contributed by atoms with Crippen LogP contribution in [0.5, 0.6) is 5.88 Å². The van der Waals surface area contributed by atoms with Crippen LogP contribution in [0.3, 0.4) is 0 Å². The number of carboxylic acid groups (broad SMARTS) is 1. The zero-order valence-electron chi connectivity index (χ0n) is 7.89. The summed E-state index contributed by atoms with van der Waals surface area (Å²) in [5, 5.41) is 8.71. The van der Waals surface area contributed by atoms with Crippen LogP contribution < -0.4 is 4.74 Å². The third-order valence-electron chi connectivity index (χ3n) is 1.63. The molecule has 4 nitrogen and oxygen atoms in total. The third-order valence-corrected chi connectivity index (χ3v) is 2.18. The summed E-state index contributed by atoms with van der Waals surface area (Å²) in [6.45, 7) is -1.42. The molecule has 0 spiro atoms. The van der Waals surface area contributed by atoms with Crippen molar-refractivity contribution in [3.63, 3.8) is 0 Å². The van der Waals surface area contributed by atoms with Gasteiger partial charge in [-0.05, 0) is 28.7 Å². The average molecular weight is 365 g/mol. The molecule has 0 bridgehead atoms. The smallest absolute Gasteiger partial charge is 0.478 e. The maximum atomic E-state index is 12.6. The number of nitrogens with zero attached hydrogens (tertiary/aromatic N) is 1. The van der Waals surface area contributed by atoms with E-state index in [1.807, 2.05) is 0 Å². The predicted molar refractivity (Wildman–Crippen MR) is 55.4 cm³/mol. The fourth-order valence-corrected chi connectivity index (χ4v) is 1.56. The second-order valence-corrected chi connectivity index (χ2v) is 3.87. The first-order valence-corrected chi connectivity index (χ1v) is 5.07. The summed E-state index contributed by atoms with van der Waals surface area (Å²) in [6.07, 6.45) is -5.06. The summed E-state index contributed by atoms with van der Waals surface area (Å²) in [7, 11) is 0. The van der Waals surface area contributed by atoms with E-state index in [4.69, 9.17) is 5.11 Å². The van der Waals surface area contributed by atoms with Crippen molar-refractivity contribution in [1.82, 2.24) is 4.98 Å². The molecule has 0 amide bonds. The maximum Gasteiger partial charge on any atom is 0.574 e. The molecule has 0 radical (unpaired) electrons. The van der Waals surface area contributed by atoms with E-state index in [2.05, 4.69) is 9.72 Å². The molecular formula is C8H4F4INO3. The van der Waals surface area contributed by atoms with Gasteiger partial charge < -0.3 is 9.84 Å². The molecule has 94 valence electrons. The Hall–Kier alpha value is -1.13. The van der Waals surface area contributed by atoms with E-state index in [1.54, 1.807) is 0 Å². The Labute approximate surface area is 106 Å². The number of ether oxygens (including phenoxy) is 1. The number of pyridine rings is 1. The Morgan fingerprint density at radius 2 is 2.12 bits per heavy atom. The van der Waals surface area contributed by atoms with Gasteiger partial charge in [0.1, 0.15) is 10.4 Å². The van der Waals surface area contributed by atoms with Gasteiger partial charge in [0, 0.05) is 0 Å². The molecule has 0 saturated heterocycles. The van der Waals surface area contributed by atoms with Crippen LogP contribution in [-0.4, -0.2) is 22.4 Å². The van der Waals surface area contributed by atoms with Crippen molar-refractivity contribution < 1.29 is 32.2 Å². The molecule has 1 aromatic rings. The van der Waals surface area contributed by atoms with E-state index in [-0.39, 0.29) is 3.70 Å². The van der Waals surface area contributed by atoms with Gasteiger partial charge in [0.2, 0.25) is 5.88 Å². The number of hydrogen-bond donors (Lipinski definition) is 1. The first-order valence-electron chi connectivity index (χ1n) is 3.99. The largest absolute Gasteiger partial charge is 0.574 e. The fourth-order valence-electron chi connectivity index (χ4n) is 1.03. The molecule has 0 unspecified atom stereocenters. The van der Waals surface area contributed by atoms with Gasteiger partial charge in [0.15, 0.2) is 0 Å². The SMILES string of the molecule is O=C(O)c1cc(I)nc(OC(F)(F)F)c1CF. The normalized spacial score (nSPS) is 11.4. The molecule has 0 aliphatic heterocycles. The van der Waals surface area contributed by atoms with Gasteiger partial charge in [-0.3, -0.25) is 0 Å². The van der Waals surface area contributed by atoms with E-state index < -0.39 is 36.0 Å². The van der Waals surface area contributed by atoms with E-state index in [9.17, 15) is 22.4 Å². The molecule has 1 heterocycles. The minimum absolute atomic E-state index is 0.0450. The van der Waals surface area contributed by atoms with Gasteiger partial charge in [-0.15, -0.1) is 13.2 Å². The van der Waals surface area contributed by atoms with Gasteiger partial charge in [-0.25, -0.2) is 14.2 Å². The number of aromatic nitrogens is 1. The Balaban J connectivity index is 3.33. The zero-order valence-corrected chi connectivity index (χ0v) is 10.0. The van der Waals surface area contributed by atoms with Crippen molar-refractivity contribution in [3.8, 4) is 5.88 Å². The molecule has 1 aromatic heterocycles. The summed E-state index contributed by atoms with van der Waals surface area (Å²) in [4.78, 5) is 14.0. The Kier molecular flexibility index (Phi) is 4.11. The lowest BCUT2D eigenvalue weighted by Crippen LogP contribution is -2.20. The quantitative estimate of drug-likeness (QED) is 0.509. The van der Waals surface area contributed by atoms with Crippen LogP contribution in [-0.2, 0) is 6.67 Å². The zero-order chi connectivity index (χ0) is 13.2. The molecule has 0 aromatic carbocycles. The first kappa shape index (κ1) is 13.9. The molecule has 9 heteroatoms. The molecule has 1 rings (SSSR count). The van der Waals surface area contributed by atoms with E-state index in [0.717, 1.165) is 6.07 Å². The number of carbonyl (C=O) groups is 1. The Bertz CT molecular complexity index is 449. The number of rotatable bonds is 3. The highest BCUT2D eigenvalue weighted by Crippen LogP contribution is 2.28. The molecule has 0 aliphatic rings. The standard InChI is InChI=1S/C8H4F4INO3/c9-2-4-3(7(15)16)1-5(13)14-6(4)17-8(10,11)12/h1H,2H2,(H,15,16). The predicted octanol–water partition coefficient (Wildman–Crippen LogP) is 2.75. The van der Waals surface area contributed by atoms with Crippen molar-refractivity contribution in [2.24, 2.45) is 0 Å². The second kappa shape index (κ2) is 5.02. The number of carboxylic acids is 1. The molecule has 1 N–H and O–H groups in total. The highest BCUT2D eigenvalue weighted by Gasteiger charge is 2.34. The molecule has 0 aliphatic carbocycles. The van der Waals surface area contributed by atoms with Crippen LogP contribution in [0.15, 0.2) is 6.07 Å². The van der Waals surface area contributed by atoms with Crippen molar-refractivity contribution in [2.45, 2.75) is 13.0 Å². The maximum absolute atomic E-state index is 12.6. The third kappa shape index (κ3) is 3.68. The second-order valence-electron chi connectivity index (χ2n) is 2.76. The van der Waals surface area contributed by atoms with Crippen LogP contribution in [0.1, 0.15) is 15.9 Å². The number of aromatic carboxylic acids is 1. The number of halogens is 5. The van der Waals surface area contributed by atoms with Gasteiger partial charge in [-0.2, -0.15) is 0 Å². The lowest BCUT2D eigenvalue weighted by Gasteiger charge is -2.12. The number of hydrogen-bond acceptors (Lipinski definition) is 3. The summed E-state index contributed by atoms with van der Waals surface area (Å²) >= 11 is 1.50. The summed E-state index contributed by atoms with van der Waals surface area (Å²) in [5.74, 6) is -2.63.